The predicted octanol–water partition coefficient (Wildman–Crippen LogP) is 3.10. The number of fused-ring (bicyclic) bond motifs is 1. The number of aromatic amines is 1. The molecule has 0 atom stereocenters. The van der Waals surface area contributed by atoms with E-state index >= 15 is 0 Å². The quantitative estimate of drug-likeness (QED) is 0.559. The maximum absolute atomic E-state index is 13.5. The minimum absolute atomic E-state index is 0.00892. The summed E-state index contributed by atoms with van der Waals surface area (Å²) in [7, 11) is 0. The highest BCUT2D eigenvalue weighted by Crippen LogP contribution is 2.33. The molecule has 10 heteroatoms. The number of anilines is 2. The van der Waals surface area contributed by atoms with Crippen LogP contribution < -0.4 is 10.6 Å². The van der Waals surface area contributed by atoms with Gasteiger partial charge in [0.1, 0.15) is 5.82 Å². The molecule has 3 N–H and O–H groups in total. The lowest BCUT2D eigenvalue weighted by Crippen LogP contribution is -2.25. The molecule has 0 amide bonds. The molecular weight excluding hydrogens is 368 g/mol. The first-order valence-electron chi connectivity index (χ1n) is 8.64. The largest absolute Gasteiger partial charge is 0.404 e. The van der Waals surface area contributed by atoms with Crippen LogP contribution in [0.2, 0.25) is 0 Å². The fraction of sp³-hybridized carbons (Fsp3) is 0.222. The van der Waals surface area contributed by atoms with Gasteiger partial charge in [-0.05, 0) is 18.2 Å². The summed E-state index contributed by atoms with van der Waals surface area (Å²) in [5, 5.41) is 8.44. The molecule has 0 radical (unpaired) electrons. The summed E-state index contributed by atoms with van der Waals surface area (Å²) in [6.07, 6.45) is 4.75. The van der Waals surface area contributed by atoms with Crippen LogP contribution >= 0.6 is 0 Å². The standard InChI is InChI=1S/C18H15F2N7O/c19-18(20)3-4-27(9-18)15-8-22-7-14(24-15)12-6-23-13-2-1-10(5-11(12)13)16-25-26-17(21)28-16/h1-2,5-8,23H,3-4,9H2,(H2,21,26). The van der Waals surface area contributed by atoms with Gasteiger partial charge in [0.25, 0.3) is 5.92 Å². The fourth-order valence-corrected chi connectivity index (χ4v) is 3.39. The molecule has 1 aliphatic rings. The summed E-state index contributed by atoms with van der Waals surface area (Å²) in [6.45, 7) is -0.0937. The summed E-state index contributed by atoms with van der Waals surface area (Å²) >= 11 is 0. The van der Waals surface area contributed by atoms with Crippen molar-refractivity contribution in [2.45, 2.75) is 12.3 Å². The number of hydrogen-bond acceptors (Lipinski definition) is 7. The molecule has 3 aromatic heterocycles. The highest BCUT2D eigenvalue weighted by molar-refractivity contribution is 5.96. The Kier molecular flexibility index (Phi) is 3.54. The van der Waals surface area contributed by atoms with Gasteiger partial charge >= 0.3 is 6.01 Å². The van der Waals surface area contributed by atoms with E-state index < -0.39 is 5.92 Å². The minimum atomic E-state index is -2.70. The van der Waals surface area contributed by atoms with E-state index in [1.54, 1.807) is 11.1 Å². The van der Waals surface area contributed by atoms with Crippen molar-refractivity contribution < 1.29 is 13.2 Å². The SMILES string of the molecule is Nc1nnc(-c2ccc3[nH]cc(-c4cncc(N5CCC(F)(F)C5)n4)c3c2)o1. The highest BCUT2D eigenvalue weighted by Gasteiger charge is 2.38. The minimum Gasteiger partial charge on any atom is -0.404 e. The van der Waals surface area contributed by atoms with Gasteiger partial charge in [-0.2, -0.15) is 0 Å². The summed E-state index contributed by atoms with van der Waals surface area (Å²) in [5.74, 6) is -1.95. The number of H-pyrrole nitrogens is 1. The van der Waals surface area contributed by atoms with Gasteiger partial charge in [-0.3, -0.25) is 4.98 Å². The van der Waals surface area contributed by atoms with E-state index in [2.05, 4.69) is 25.1 Å². The molecule has 28 heavy (non-hydrogen) atoms. The number of alkyl halides is 2. The molecular formula is C18H15F2N7O. The second kappa shape index (κ2) is 5.98. The van der Waals surface area contributed by atoms with Gasteiger partial charge < -0.3 is 20.0 Å². The molecule has 1 fully saturated rings. The molecule has 4 heterocycles. The third kappa shape index (κ3) is 2.82. The van der Waals surface area contributed by atoms with E-state index in [4.69, 9.17) is 10.2 Å². The summed E-state index contributed by atoms with van der Waals surface area (Å²) in [5.41, 5.74) is 8.47. The fourth-order valence-electron chi connectivity index (χ4n) is 3.39. The number of nitrogens with zero attached hydrogens (tertiary/aromatic N) is 5. The van der Waals surface area contributed by atoms with Crippen LogP contribution in [-0.2, 0) is 0 Å². The maximum atomic E-state index is 13.5. The number of benzene rings is 1. The Morgan fingerprint density at radius 1 is 1.21 bits per heavy atom. The second-order valence-corrected chi connectivity index (χ2v) is 6.70. The Bertz CT molecular complexity index is 1170. The molecule has 0 saturated carbocycles. The first-order chi connectivity index (χ1) is 13.5. The van der Waals surface area contributed by atoms with E-state index in [0.29, 0.717) is 23.0 Å². The monoisotopic (exact) mass is 383 g/mol. The van der Waals surface area contributed by atoms with Crippen molar-refractivity contribution in [1.29, 1.82) is 0 Å². The smallest absolute Gasteiger partial charge is 0.313 e. The number of rotatable bonds is 3. The average Bonchev–Trinajstić information content (AvgIpc) is 3.39. The average molecular weight is 383 g/mol. The van der Waals surface area contributed by atoms with E-state index in [0.717, 1.165) is 16.5 Å². The molecule has 0 unspecified atom stereocenters. The Morgan fingerprint density at radius 3 is 2.86 bits per heavy atom. The Morgan fingerprint density at radius 2 is 2.11 bits per heavy atom. The first-order valence-corrected chi connectivity index (χ1v) is 8.64. The molecule has 142 valence electrons. The molecule has 8 nitrogen and oxygen atoms in total. The summed E-state index contributed by atoms with van der Waals surface area (Å²) in [4.78, 5) is 13.5. The van der Waals surface area contributed by atoms with Gasteiger partial charge in [-0.25, -0.2) is 13.8 Å². The van der Waals surface area contributed by atoms with E-state index in [9.17, 15) is 8.78 Å². The molecule has 1 aromatic carbocycles. The number of aromatic nitrogens is 5. The van der Waals surface area contributed by atoms with Gasteiger partial charge in [-0.1, -0.05) is 5.10 Å². The van der Waals surface area contributed by atoms with Crippen LogP contribution in [0.25, 0.3) is 33.6 Å². The Balaban J connectivity index is 1.55. The highest BCUT2D eigenvalue weighted by atomic mass is 19.3. The third-order valence-corrected chi connectivity index (χ3v) is 4.76. The van der Waals surface area contributed by atoms with Crippen molar-refractivity contribution in [1.82, 2.24) is 25.1 Å². The van der Waals surface area contributed by atoms with E-state index in [1.807, 2.05) is 24.4 Å². The Labute approximate surface area is 157 Å². The van der Waals surface area contributed by atoms with Crippen molar-refractivity contribution in [2.24, 2.45) is 0 Å². The topological polar surface area (TPSA) is 110 Å². The van der Waals surface area contributed by atoms with Crippen molar-refractivity contribution in [3.05, 3.63) is 36.8 Å². The number of nitrogens with one attached hydrogen (secondary N) is 1. The molecule has 0 bridgehead atoms. The molecule has 4 aromatic rings. The van der Waals surface area contributed by atoms with Crippen LogP contribution in [0.1, 0.15) is 6.42 Å². The predicted molar refractivity (Wildman–Crippen MR) is 98.8 cm³/mol. The van der Waals surface area contributed by atoms with E-state index in [-0.39, 0.29) is 25.5 Å². The summed E-state index contributed by atoms with van der Waals surface area (Å²) < 4.78 is 32.4. The van der Waals surface area contributed by atoms with Crippen molar-refractivity contribution in [2.75, 3.05) is 23.7 Å². The third-order valence-electron chi connectivity index (χ3n) is 4.76. The lowest BCUT2D eigenvalue weighted by Gasteiger charge is -2.17. The zero-order chi connectivity index (χ0) is 19.3. The normalized spacial score (nSPS) is 16.1. The van der Waals surface area contributed by atoms with Gasteiger partial charge in [0.2, 0.25) is 5.89 Å². The van der Waals surface area contributed by atoms with Gasteiger partial charge in [0.15, 0.2) is 0 Å². The maximum Gasteiger partial charge on any atom is 0.313 e. The van der Waals surface area contributed by atoms with Crippen LogP contribution in [0.3, 0.4) is 0 Å². The second-order valence-electron chi connectivity index (χ2n) is 6.70. The number of nitrogens with two attached hydrogens (primary N) is 1. The number of halogens is 2. The van der Waals surface area contributed by atoms with Crippen molar-refractivity contribution in [3.63, 3.8) is 0 Å². The van der Waals surface area contributed by atoms with E-state index in [1.165, 1.54) is 6.20 Å². The molecule has 5 rings (SSSR count). The van der Waals surface area contributed by atoms with Crippen LogP contribution in [0.15, 0.2) is 41.2 Å². The number of hydrogen-bond donors (Lipinski definition) is 2. The first kappa shape index (κ1) is 16.6. The number of nitrogen functional groups attached to an aromatic ring is 1. The lowest BCUT2D eigenvalue weighted by molar-refractivity contribution is 0.0256. The van der Waals surface area contributed by atoms with Crippen LogP contribution in [0.4, 0.5) is 20.6 Å². The van der Waals surface area contributed by atoms with Gasteiger partial charge in [-0.15, -0.1) is 5.10 Å². The van der Waals surface area contributed by atoms with Crippen molar-refractivity contribution >= 4 is 22.7 Å². The zero-order valence-corrected chi connectivity index (χ0v) is 14.6. The van der Waals surface area contributed by atoms with Gasteiger partial charge in [0, 0.05) is 41.2 Å². The Hall–Kier alpha value is -3.56. The lowest BCUT2D eigenvalue weighted by atomic mass is 10.1. The molecule has 0 spiro atoms. The summed E-state index contributed by atoms with van der Waals surface area (Å²) in [6, 6.07) is 5.59. The zero-order valence-electron chi connectivity index (χ0n) is 14.6. The van der Waals surface area contributed by atoms with Gasteiger partial charge in [0.05, 0.1) is 24.6 Å². The van der Waals surface area contributed by atoms with Crippen LogP contribution in [0.5, 0.6) is 0 Å². The van der Waals surface area contributed by atoms with Crippen LogP contribution in [0, 0.1) is 0 Å². The van der Waals surface area contributed by atoms with Crippen molar-refractivity contribution in [3.8, 4) is 22.7 Å². The molecule has 1 aliphatic heterocycles. The molecule has 0 aliphatic carbocycles. The molecule has 1 saturated heterocycles. The van der Waals surface area contributed by atoms with Crippen LogP contribution in [-0.4, -0.2) is 44.2 Å².